The molecule has 0 bridgehead atoms. The molecule has 3 rings (SSSR count). The predicted molar refractivity (Wildman–Crippen MR) is 88.8 cm³/mol. The van der Waals surface area contributed by atoms with Gasteiger partial charge in [0.25, 0.3) is 0 Å². The number of rotatable bonds is 1. The summed E-state index contributed by atoms with van der Waals surface area (Å²) < 4.78 is 0. The molecule has 0 aromatic heterocycles. The van der Waals surface area contributed by atoms with E-state index in [2.05, 4.69) is 25.2 Å². The Morgan fingerprint density at radius 3 is 2.43 bits per heavy atom. The molecule has 1 atom stereocenters. The van der Waals surface area contributed by atoms with Crippen molar-refractivity contribution in [3.8, 4) is 6.07 Å². The summed E-state index contributed by atoms with van der Waals surface area (Å²) >= 11 is 0. The van der Waals surface area contributed by atoms with E-state index < -0.39 is 5.41 Å². The van der Waals surface area contributed by atoms with Crippen LogP contribution in [0.25, 0.3) is 0 Å². The monoisotopic (exact) mass is 307 g/mol. The Labute approximate surface area is 136 Å². The number of hydrogen-bond acceptors (Lipinski definition) is 4. The van der Waals surface area contributed by atoms with E-state index in [-0.39, 0.29) is 11.2 Å². The standard InChI is InChI=1S/C19H21N3O/c1-18(2)9-14-16(15(23)10-18)19(3,12-7-5-4-6-8-12)13(11-20)17(21)22-14/h4-8,22H,9-10,21H2,1-3H3. The molecular weight excluding hydrogens is 286 g/mol. The minimum Gasteiger partial charge on any atom is -0.384 e. The first-order valence-corrected chi connectivity index (χ1v) is 7.79. The molecule has 1 aromatic rings. The summed E-state index contributed by atoms with van der Waals surface area (Å²) in [4.78, 5) is 12.9. The van der Waals surface area contributed by atoms with Crippen LogP contribution in [-0.4, -0.2) is 5.78 Å². The van der Waals surface area contributed by atoms with Crippen molar-refractivity contribution in [1.82, 2.24) is 5.32 Å². The molecule has 23 heavy (non-hydrogen) atoms. The highest BCUT2D eigenvalue weighted by Gasteiger charge is 2.48. The van der Waals surface area contributed by atoms with Gasteiger partial charge in [-0.3, -0.25) is 4.79 Å². The Morgan fingerprint density at radius 1 is 1.17 bits per heavy atom. The van der Waals surface area contributed by atoms with Crippen LogP contribution >= 0.6 is 0 Å². The number of carbonyl (C=O) groups is 1. The van der Waals surface area contributed by atoms with Crippen molar-refractivity contribution in [2.24, 2.45) is 11.1 Å². The van der Waals surface area contributed by atoms with E-state index in [0.29, 0.717) is 23.4 Å². The molecule has 0 amide bonds. The third-order valence-corrected chi connectivity index (χ3v) is 4.89. The maximum absolute atomic E-state index is 12.9. The maximum atomic E-state index is 12.9. The molecule has 1 aliphatic heterocycles. The molecule has 2 aliphatic rings. The predicted octanol–water partition coefficient (Wildman–Crippen LogP) is 2.88. The zero-order valence-electron chi connectivity index (χ0n) is 13.7. The lowest BCUT2D eigenvalue weighted by atomic mass is 9.62. The molecule has 3 N–H and O–H groups in total. The fraction of sp³-hybridized carbons (Fsp3) is 0.368. The van der Waals surface area contributed by atoms with Crippen molar-refractivity contribution >= 4 is 5.78 Å². The molecule has 4 heteroatoms. The molecule has 0 fully saturated rings. The van der Waals surface area contributed by atoms with Gasteiger partial charge >= 0.3 is 0 Å². The van der Waals surface area contributed by atoms with Gasteiger partial charge < -0.3 is 11.1 Å². The van der Waals surface area contributed by atoms with Gasteiger partial charge in [0.05, 0.1) is 17.1 Å². The smallest absolute Gasteiger partial charge is 0.162 e. The van der Waals surface area contributed by atoms with E-state index >= 15 is 0 Å². The Kier molecular flexibility index (Phi) is 3.33. The third kappa shape index (κ3) is 2.24. The number of nitriles is 1. The highest BCUT2D eigenvalue weighted by atomic mass is 16.1. The average Bonchev–Trinajstić information content (AvgIpc) is 2.46. The highest BCUT2D eigenvalue weighted by molar-refractivity contribution is 6.01. The summed E-state index contributed by atoms with van der Waals surface area (Å²) in [5.41, 5.74) is 8.12. The second-order valence-corrected chi connectivity index (χ2v) is 7.31. The molecule has 0 radical (unpaired) electrons. The Balaban J connectivity index is 2.28. The van der Waals surface area contributed by atoms with E-state index in [1.54, 1.807) is 0 Å². The minimum absolute atomic E-state index is 0.0929. The van der Waals surface area contributed by atoms with Gasteiger partial charge in [0, 0.05) is 17.7 Å². The second kappa shape index (κ2) is 4.99. The van der Waals surface area contributed by atoms with Crippen LogP contribution in [0.2, 0.25) is 0 Å². The molecule has 0 saturated carbocycles. The second-order valence-electron chi connectivity index (χ2n) is 7.31. The number of dihydropyridines is 1. The third-order valence-electron chi connectivity index (χ3n) is 4.89. The fourth-order valence-electron chi connectivity index (χ4n) is 3.86. The molecule has 0 spiro atoms. The maximum Gasteiger partial charge on any atom is 0.162 e. The van der Waals surface area contributed by atoms with Gasteiger partial charge in [0.15, 0.2) is 5.78 Å². The molecule has 1 aromatic carbocycles. The van der Waals surface area contributed by atoms with Crippen LogP contribution in [0.3, 0.4) is 0 Å². The zero-order valence-corrected chi connectivity index (χ0v) is 13.7. The van der Waals surface area contributed by atoms with Crippen LogP contribution in [0.5, 0.6) is 0 Å². The van der Waals surface area contributed by atoms with Crippen molar-refractivity contribution in [3.05, 3.63) is 58.6 Å². The van der Waals surface area contributed by atoms with Gasteiger partial charge in [-0.25, -0.2) is 0 Å². The summed E-state index contributed by atoms with van der Waals surface area (Å²) in [6.45, 7) is 6.09. The molecule has 0 saturated heterocycles. The number of hydrogen-bond donors (Lipinski definition) is 2. The van der Waals surface area contributed by atoms with Crippen LogP contribution in [0.1, 0.15) is 39.2 Å². The van der Waals surface area contributed by atoms with Crippen LogP contribution in [-0.2, 0) is 10.2 Å². The van der Waals surface area contributed by atoms with Gasteiger partial charge in [-0.05, 0) is 24.3 Å². The number of carbonyl (C=O) groups excluding carboxylic acids is 1. The molecule has 4 nitrogen and oxygen atoms in total. The van der Waals surface area contributed by atoms with Crippen molar-refractivity contribution in [3.63, 3.8) is 0 Å². The largest absolute Gasteiger partial charge is 0.384 e. The average molecular weight is 307 g/mol. The molecule has 1 unspecified atom stereocenters. The summed E-state index contributed by atoms with van der Waals surface area (Å²) in [5.74, 6) is 0.443. The number of allylic oxidation sites excluding steroid dienone is 3. The number of nitrogens with zero attached hydrogens (tertiary/aromatic N) is 1. The first kappa shape index (κ1) is 15.4. The van der Waals surface area contributed by atoms with Crippen molar-refractivity contribution in [2.75, 3.05) is 0 Å². The molecule has 1 heterocycles. The number of nitrogens with two attached hydrogens (primary N) is 1. The van der Waals surface area contributed by atoms with E-state index in [4.69, 9.17) is 5.73 Å². The van der Waals surface area contributed by atoms with Gasteiger partial charge in [-0.1, -0.05) is 44.2 Å². The lowest BCUT2D eigenvalue weighted by Crippen LogP contribution is -2.46. The fourth-order valence-corrected chi connectivity index (χ4v) is 3.86. The summed E-state index contributed by atoms with van der Waals surface area (Å²) in [5, 5.41) is 12.8. The highest BCUT2D eigenvalue weighted by Crippen LogP contribution is 2.49. The Bertz CT molecular complexity index is 781. The van der Waals surface area contributed by atoms with Crippen molar-refractivity contribution in [2.45, 2.75) is 39.0 Å². The quantitative estimate of drug-likeness (QED) is 0.836. The first-order valence-electron chi connectivity index (χ1n) is 7.79. The van der Waals surface area contributed by atoms with Gasteiger partial charge in [0.2, 0.25) is 0 Å². The van der Waals surface area contributed by atoms with Gasteiger partial charge in [0.1, 0.15) is 5.82 Å². The number of benzene rings is 1. The van der Waals surface area contributed by atoms with Crippen LogP contribution in [0.4, 0.5) is 0 Å². The van der Waals surface area contributed by atoms with Gasteiger partial charge in [-0.15, -0.1) is 0 Å². The molecule has 118 valence electrons. The van der Waals surface area contributed by atoms with E-state index in [0.717, 1.165) is 17.7 Å². The van der Waals surface area contributed by atoms with Crippen molar-refractivity contribution in [1.29, 1.82) is 5.26 Å². The number of ketones is 1. The zero-order chi connectivity index (χ0) is 16.8. The number of nitrogens with one attached hydrogen (secondary N) is 1. The molecule has 1 aliphatic carbocycles. The van der Waals surface area contributed by atoms with Crippen LogP contribution in [0, 0.1) is 16.7 Å². The normalized spacial score (nSPS) is 26.4. The summed E-state index contributed by atoms with van der Waals surface area (Å²) in [6, 6.07) is 11.9. The minimum atomic E-state index is -0.797. The Hall–Kier alpha value is -2.54. The lowest BCUT2D eigenvalue weighted by molar-refractivity contribution is -0.118. The van der Waals surface area contributed by atoms with E-state index in [1.165, 1.54) is 0 Å². The molecular formula is C19H21N3O. The Morgan fingerprint density at radius 2 is 1.83 bits per heavy atom. The summed E-state index contributed by atoms with van der Waals surface area (Å²) in [7, 11) is 0. The van der Waals surface area contributed by atoms with E-state index in [9.17, 15) is 10.1 Å². The topological polar surface area (TPSA) is 78.9 Å². The summed E-state index contributed by atoms with van der Waals surface area (Å²) in [6.07, 6.45) is 1.23. The van der Waals surface area contributed by atoms with Crippen molar-refractivity contribution < 1.29 is 4.79 Å². The first-order chi connectivity index (χ1) is 10.8. The SMILES string of the molecule is CC1(C)CC(=O)C2=C(C1)NC(N)=C(C#N)C2(C)c1ccccc1. The van der Waals surface area contributed by atoms with E-state index in [1.807, 2.05) is 37.3 Å². The van der Waals surface area contributed by atoms with Crippen LogP contribution < -0.4 is 11.1 Å². The lowest BCUT2D eigenvalue weighted by Gasteiger charge is -2.43. The van der Waals surface area contributed by atoms with Gasteiger partial charge in [-0.2, -0.15) is 5.26 Å². The number of Topliss-reactive ketones (excluding diaryl/α,β-unsaturated/α-hetero) is 1. The van der Waals surface area contributed by atoms with Crippen LogP contribution in [0.15, 0.2) is 53.0 Å².